The normalized spacial score (nSPS) is 18.6. The molecular formula is C18H25NO4. The van der Waals surface area contributed by atoms with Crippen LogP contribution in [-0.2, 0) is 20.9 Å². The number of ether oxygens (including phenoxy) is 1. The molecule has 1 aromatic carbocycles. The Morgan fingerprint density at radius 2 is 2.00 bits per heavy atom. The highest BCUT2D eigenvalue weighted by atomic mass is 16.5. The van der Waals surface area contributed by atoms with Crippen molar-refractivity contribution in [3.8, 4) is 0 Å². The SMILES string of the molecule is CC(C)CCOC(C)C(=O)N1Cc2ccccc2C(C(=O)O)C1. The fourth-order valence-corrected chi connectivity index (χ4v) is 2.79. The molecule has 2 rings (SSSR count). The van der Waals surface area contributed by atoms with E-state index in [1.54, 1.807) is 11.8 Å². The van der Waals surface area contributed by atoms with Gasteiger partial charge in [0.1, 0.15) is 6.10 Å². The Hall–Kier alpha value is -1.88. The summed E-state index contributed by atoms with van der Waals surface area (Å²) < 4.78 is 5.61. The summed E-state index contributed by atoms with van der Waals surface area (Å²) >= 11 is 0. The number of benzene rings is 1. The van der Waals surface area contributed by atoms with Gasteiger partial charge in [0.05, 0.1) is 5.92 Å². The number of hydrogen-bond donors (Lipinski definition) is 1. The third-order valence-electron chi connectivity index (χ3n) is 4.22. The van der Waals surface area contributed by atoms with Gasteiger partial charge >= 0.3 is 5.97 Å². The number of nitrogens with zero attached hydrogens (tertiary/aromatic N) is 1. The van der Waals surface area contributed by atoms with Gasteiger partial charge in [-0.2, -0.15) is 0 Å². The maximum absolute atomic E-state index is 12.6. The Kier molecular flexibility index (Phi) is 5.77. The van der Waals surface area contributed by atoms with Crippen LogP contribution in [0.3, 0.4) is 0 Å². The average Bonchev–Trinajstić information content (AvgIpc) is 2.52. The van der Waals surface area contributed by atoms with Gasteiger partial charge in [-0.05, 0) is 30.4 Å². The van der Waals surface area contributed by atoms with E-state index in [4.69, 9.17) is 4.74 Å². The number of carbonyl (C=O) groups is 2. The summed E-state index contributed by atoms with van der Waals surface area (Å²) in [5.41, 5.74) is 1.70. The van der Waals surface area contributed by atoms with E-state index in [0.29, 0.717) is 19.1 Å². The summed E-state index contributed by atoms with van der Waals surface area (Å²) in [4.78, 5) is 25.7. The van der Waals surface area contributed by atoms with E-state index in [-0.39, 0.29) is 12.5 Å². The molecule has 23 heavy (non-hydrogen) atoms. The molecule has 2 unspecified atom stereocenters. The van der Waals surface area contributed by atoms with E-state index in [0.717, 1.165) is 17.5 Å². The fourth-order valence-electron chi connectivity index (χ4n) is 2.79. The molecule has 1 heterocycles. The van der Waals surface area contributed by atoms with Crippen LogP contribution in [0.4, 0.5) is 0 Å². The third kappa shape index (κ3) is 4.32. The molecule has 0 fully saturated rings. The van der Waals surface area contributed by atoms with Crippen molar-refractivity contribution < 1.29 is 19.4 Å². The number of carboxylic acid groups (broad SMARTS) is 1. The summed E-state index contributed by atoms with van der Waals surface area (Å²) in [5, 5.41) is 9.46. The predicted octanol–water partition coefficient (Wildman–Crippen LogP) is 2.65. The molecule has 1 amide bonds. The summed E-state index contributed by atoms with van der Waals surface area (Å²) in [6.07, 6.45) is 0.353. The maximum Gasteiger partial charge on any atom is 0.312 e. The summed E-state index contributed by atoms with van der Waals surface area (Å²) in [6, 6.07) is 7.42. The van der Waals surface area contributed by atoms with Gasteiger partial charge in [0.25, 0.3) is 5.91 Å². The molecule has 0 bridgehead atoms. The second-order valence-corrected chi connectivity index (χ2v) is 6.50. The van der Waals surface area contributed by atoms with Crippen LogP contribution in [0.2, 0.25) is 0 Å². The van der Waals surface area contributed by atoms with Crippen LogP contribution >= 0.6 is 0 Å². The van der Waals surface area contributed by atoms with Crippen LogP contribution in [-0.4, -0.2) is 41.1 Å². The Bertz CT molecular complexity index is 570. The first-order valence-electron chi connectivity index (χ1n) is 8.11. The summed E-state index contributed by atoms with van der Waals surface area (Å²) in [7, 11) is 0. The predicted molar refractivity (Wildman–Crippen MR) is 87.1 cm³/mol. The molecule has 2 atom stereocenters. The lowest BCUT2D eigenvalue weighted by Crippen LogP contribution is -2.45. The number of carboxylic acids is 1. The first-order chi connectivity index (χ1) is 10.9. The first-order valence-corrected chi connectivity index (χ1v) is 8.11. The van der Waals surface area contributed by atoms with E-state index in [1.165, 1.54) is 0 Å². The van der Waals surface area contributed by atoms with Gasteiger partial charge in [-0.3, -0.25) is 9.59 Å². The second-order valence-electron chi connectivity index (χ2n) is 6.50. The van der Waals surface area contributed by atoms with Gasteiger partial charge < -0.3 is 14.7 Å². The zero-order valence-electron chi connectivity index (χ0n) is 14.0. The molecule has 5 nitrogen and oxygen atoms in total. The number of hydrogen-bond acceptors (Lipinski definition) is 3. The van der Waals surface area contributed by atoms with E-state index < -0.39 is 18.0 Å². The highest BCUT2D eigenvalue weighted by molar-refractivity contribution is 5.83. The average molecular weight is 319 g/mol. The van der Waals surface area contributed by atoms with Crippen LogP contribution in [0.5, 0.6) is 0 Å². The van der Waals surface area contributed by atoms with Crippen LogP contribution in [0.25, 0.3) is 0 Å². The molecule has 0 spiro atoms. The van der Waals surface area contributed by atoms with Gasteiger partial charge in [-0.25, -0.2) is 0 Å². The van der Waals surface area contributed by atoms with Crippen molar-refractivity contribution in [3.05, 3.63) is 35.4 Å². The van der Waals surface area contributed by atoms with Crippen LogP contribution in [0, 0.1) is 5.92 Å². The van der Waals surface area contributed by atoms with Gasteiger partial charge in [0, 0.05) is 19.7 Å². The van der Waals surface area contributed by atoms with Crippen LogP contribution < -0.4 is 0 Å². The Balaban J connectivity index is 2.06. The van der Waals surface area contributed by atoms with Crippen molar-refractivity contribution in [2.75, 3.05) is 13.2 Å². The van der Waals surface area contributed by atoms with E-state index >= 15 is 0 Å². The van der Waals surface area contributed by atoms with Gasteiger partial charge in [0.15, 0.2) is 0 Å². The molecule has 1 aliphatic rings. The number of amides is 1. The lowest BCUT2D eigenvalue weighted by Gasteiger charge is -2.34. The van der Waals surface area contributed by atoms with Crippen molar-refractivity contribution in [2.24, 2.45) is 5.92 Å². The first kappa shape index (κ1) is 17.5. The fraction of sp³-hybridized carbons (Fsp3) is 0.556. The van der Waals surface area contributed by atoms with Crippen molar-refractivity contribution in [1.29, 1.82) is 0 Å². The molecule has 0 saturated heterocycles. The van der Waals surface area contributed by atoms with E-state index in [9.17, 15) is 14.7 Å². The van der Waals surface area contributed by atoms with Crippen LogP contribution in [0.15, 0.2) is 24.3 Å². The smallest absolute Gasteiger partial charge is 0.312 e. The Morgan fingerprint density at radius 1 is 1.30 bits per heavy atom. The Labute approximate surface area is 137 Å². The molecule has 0 saturated carbocycles. The van der Waals surface area contributed by atoms with E-state index in [2.05, 4.69) is 13.8 Å². The van der Waals surface area contributed by atoms with Gasteiger partial charge in [0.2, 0.25) is 0 Å². The summed E-state index contributed by atoms with van der Waals surface area (Å²) in [5.74, 6) is -1.19. The Morgan fingerprint density at radius 3 is 2.65 bits per heavy atom. The quantitative estimate of drug-likeness (QED) is 0.875. The third-order valence-corrected chi connectivity index (χ3v) is 4.22. The molecule has 1 aliphatic heterocycles. The molecule has 0 aliphatic carbocycles. The van der Waals surface area contributed by atoms with Gasteiger partial charge in [-0.1, -0.05) is 38.1 Å². The topological polar surface area (TPSA) is 66.8 Å². The number of rotatable bonds is 6. The molecule has 1 N–H and O–H groups in total. The second kappa shape index (κ2) is 7.59. The highest BCUT2D eigenvalue weighted by Gasteiger charge is 2.33. The number of fused-ring (bicyclic) bond motifs is 1. The molecule has 0 radical (unpaired) electrons. The zero-order chi connectivity index (χ0) is 17.0. The van der Waals surface area contributed by atoms with Crippen molar-refractivity contribution >= 4 is 11.9 Å². The van der Waals surface area contributed by atoms with Crippen molar-refractivity contribution in [3.63, 3.8) is 0 Å². The van der Waals surface area contributed by atoms with Crippen molar-refractivity contribution in [2.45, 2.75) is 45.8 Å². The minimum absolute atomic E-state index is 0.144. The molecule has 0 aromatic heterocycles. The van der Waals surface area contributed by atoms with Crippen LogP contribution in [0.1, 0.15) is 44.2 Å². The maximum atomic E-state index is 12.6. The largest absolute Gasteiger partial charge is 0.481 e. The standard InChI is InChI=1S/C18H25NO4/c1-12(2)8-9-23-13(3)17(20)19-10-14-6-4-5-7-15(14)16(11-19)18(21)22/h4-7,12-13,16H,8-11H2,1-3H3,(H,21,22). The molecule has 5 heteroatoms. The lowest BCUT2D eigenvalue weighted by atomic mass is 9.89. The minimum atomic E-state index is -0.900. The zero-order valence-corrected chi connectivity index (χ0v) is 14.0. The number of carbonyl (C=O) groups excluding carboxylic acids is 1. The lowest BCUT2D eigenvalue weighted by molar-refractivity contribution is -0.147. The van der Waals surface area contributed by atoms with E-state index in [1.807, 2.05) is 24.3 Å². The highest BCUT2D eigenvalue weighted by Crippen LogP contribution is 2.29. The van der Waals surface area contributed by atoms with Crippen molar-refractivity contribution in [1.82, 2.24) is 4.90 Å². The monoisotopic (exact) mass is 319 g/mol. The van der Waals surface area contributed by atoms with Gasteiger partial charge in [-0.15, -0.1) is 0 Å². The number of aliphatic carboxylic acids is 1. The molecule has 126 valence electrons. The molecule has 1 aromatic rings. The summed E-state index contributed by atoms with van der Waals surface area (Å²) in [6.45, 7) is 7.12. The minimum Gasteiger partial charge on any atom is -0.481 e. The molecular weight excluding hydrogens is 294 g/mol.